The Balaban J connectivity index is 2.42. The highest BCUT2D eigenvalue weighted by atomic mass is 15.5. The molecule has 1 aliphatic rings. The number of hydrogen-bond acceptors (Lipinski definition) is 2. The first-order valence-corrected chi connectivity index (χ1v) is 5.35. The molecule has 4 nitrogen and oxygen atoms in total. The van der Waals surface area contributed by atoms with Crippen LogP contribution in [0.3, 0.4) is 0 Å². The van der Waals surface area contributed by atoms with Gasteiger partial charge in [0.1, 0.15) is 0 Å². The minimum atomic E-state index is 0.523. The molecule has 0 bridgehead atoms. The van der Waals surface area contributed by atoms with E-state index in [1.807, 2.05) is 20.2 Å². The van der Waals surface area contributed by atoms with Crippen LogP contribution in [-0.4, -0.2) is 42.2 Å². The summed E-state index contributed by atoms with van der Waals surface area (Å²) in [5.74, 6) is 0.523. The number of guanidine groups is 1. The molecule has 0 amide bonds. The van der Waals surface area contributed by atoms with Crippen molar-refractivity contribution < 1.29 is 0 Å². The van der Waals surface area contributed by atoms with E-state index in [0.717, 1.165) is 19.5 Å². The molecule has 1 rings (SSSR count). The van der Waals surface area contributed by atoms with E-state index in [4.69, 9.17) is 5.41 Å². The molecular weight excluding hydrogens is 176 g/mol. The summed E-state index contributed by atoms with van der Waals surface area (Å²) in [5, 5.41) is 13.7. The zero-order valence-corrected chi connectivity index (χ0v) is 9.16. The van der Waals surface area contributed by atoms with Gasteiger partial charge >= 0.3 is 0 Å². The summed E-state index contributed by atoms with van der Waals surface area (Å²) in [4.78, 5) is 2.09. The van der Waals surface area contributed by atoms with Crippen LogP contribution in [0.4, 0.5) is 0 Å². The molecule has 0 aromatic rings. The van der Waals surface area contributed by atoms with Crippen molar-refractivity contribution in [1.82, 2.24) is 9.91 Å². The van der Waals surface area contributed by atoms with Crippen molar-refractivity contribution in [2.75, 3.05) is 20.1 Å². The van der Waals surface area contributed by atoms with Crippen LogP contribution < -0.4 is 0 Å². The molecule has 0 aliphatic carbocycles. The minimum absolute atomic E-state index is 0.523. The van der Waals surface area contributed by atoms with Gasteiger partial charge < -0.3 is 4.90 Å². The predicted molar refractivity (Wildman–Crippen MR) is 59.7 cm³/mol. The van der Waals surface area contributed by atoms with Crippen LogP contribution in [0.15, 0.2) is 5.10 Å². The van der Waals surface area contributed by atoms with E-state index in [1.165, 1.54) is 19.3 Å². The molecule has 1 saturated heterocycles. The Hall–Kier alpha value is -1.06. The highest BCUT2D eigenvalue weighted by molar-refractivity contribution is 5.77. The van der Waals surface area contributed by atoms with Crippen molar-refractivity contribution in [3.63, 3.8) is 0 Å². The first-order valence-electron chi connectivity index (χ1n) is 5.35. The molecule has 0 aromatic heterocycles. The van der Waals surface area contributed by atoms with E-state index in [-0.39, 0.29) is 0 Å². The van der Waals surface area contributed by atoms with E-state index < -0.39 is 0 Å². The zero-order chi connectivity index (χ0) is 10.4. The van der Waals surface area contributed by atoms with Gasteiger partial charge in [0.05, 0.1) is 0 Å². The van der Waals surface area contributed by atoms with Crippen molar-refractivity contribution in [3.05, 3.63) is 0 Å². The van der Waals surface area contributed by atoms with Crippen molar-refractivity contribution in [1.29, 1.82) is 5.41 Å². The number of nitrogens with zero attached hydrogens (tertiary/aromatic N) is 3. The molecule has 14 heavy (non-hydrogen) atoms. The molecule has 1 N–H and O–H groups in total. The van der Waals surface area contributed by atoms with Crippen molar-refractivity contribution in [3.8, 4) is 0 Å². The van der Waals surface area contributed by atoms with Gasteiger partial charge in [-0.25, -0.2) is 5.01 Å². The van der Waals surface area contributed by atoms with E-state index >= 15 is 0 Å². The lowest BCUT2D eigenvalue weighted by Gasteiger charge is -2.31. The van der Waals surface area contributed by atoms with Crippen LogP contribution in [0.1, 0.15) is 32.6 Å². The van der Waals surface area contributed by atoms with Gasteiger partial charge in [0, 0.05) is 26.4 Å². The van der Waals surface area contributed by atoms with Crippen molar-refractivity contribution in [2.24, 2.45) is 5.10 Å². The Morgan fingerprint density at radius 1 is 1.43 bits per heavy atom. The van der Waals surface area contributed by atoms with Gasteiger partial charge in [-0.1, -0.05) is 6.92 Å². The predicted octanol–water partition coefficient (Wildman–Crippen LogP) is 1.73. The van der Waals surface area contributed by atoms with Gasteiger partial charge in [-0.05, 0) is 25.7 Å². The van der Waals surface area contributed by atoms with Crippen LogP contribution in [-0.2, 0) is 0 Å². The normalized spacial score (nSPS) is 17.4. The minimum Gasteiger partial charge on any atom is -0.342 e. The number of piperidine rings is 1. The lowest BCUT2D eigenvalue weighted by atomic mass is 10.1. The fraction of sp³-hybridized carbons (Fsp3) is 0.800. The number of hydrogen-bond donors (Lipinski definition) is 1. The number of hydrazone groups is 1. The highest BCUT2D eigenvalue weighted by Gasteiger charge is 2.15. The molecule has 1 heterocycles. The third kappa shape index (κ3) is 3.01. The SMILES string of the molecule is CC/C=N/N(C)C(=N)N1CCCCC1. The molecule has 0 atom stereocenters. The number of rotatable bonds is 2. The van der Waals surface area contributed by atoms with E-state index in [9.17, 15) is 0 Å². The summed E-state index contributed by atoms with van der Waals surface area (Å²) in [6.45, 7) is 4.05. The Morgan fingerprint density at radius 3 is 2.64 bits per heavy atom. The summed E-state index contributed by atoms with van der Waals surface area (Å²) in [6.07, 6.45) is 6.45. The Bertz CT molecular complexity index is 206. The van der Waals surface area contributed by atoms with Crippen LogP contribution in [0.25, 0.3) is 0 Å². The second-order valence-electron chi connectivity index (χ2n) is 3.60. The molecule has 0 radical (unpaired) electrons. The summed E-state index contributed by atoms with van der Waals surface area (Å²) in [6, 6.07) is 0. The third-order valence-electron chi connectivity index (χ3n) is 2.40. The van der Waals surface area contributed by atoms with Crippen LogP contribution in [0, 0.1) is 5.41 Å². The topological polar surface area (TPSA) is 42.7 Å². The Kier molecular flexibility index (Phi) is 4.43. The fourth-order valence-corrected chi connectivity index (χ4v) is 1.57. The average Bonchev–Trinajstić information content (AvgIpc) is 2.26. The lowest BCUT2D eigenvalue weighted by molar-refractivity contribution is 0.298. The maximum atomic E-state index is 7.91. The zero-order valence-electron chi connectivity index (χ0n) is 9.16. The maximum absolute atomic E-state index is 7.91. The monoisotopic (exact) mass is 196 g/mol. The second-order valence-corrected chi connectivity index (χ2v) is 3.60. The molecule has 0 aromatic carbocycles. The largest absolute Gasteiger partial charge is 0.342 e. The van der Waals surface area contributed by atoms with E-state index in [0.29, 0.717) is 5.96 Å². The summed E-state index contributed by atoms with van der Waals surface area (Å²) in [7, 11) is 1.84. The molecule has 1 fully saturated rings. The molecule has 0 saturated carbocycles. The first-order chi connectivity index (χ1) is 6.75. The average molecular weight is 196 g/mol. The fourth-order valence-electron chi connectivity index (χ4n) is 1.57. The van der Waals surface area contributed by atoms with Gasteiger partial charge in [-0.3, -0.25) is 5.41 Å². The Morgan fingerprint density at radius 2 is 2.07 bits per heavy atom. The first kappa shape index (κ1) is 11.0. The highest BCUT2D eigenvalue weighted by Crippen LogP contribution is 2.09. The molecule has 80 valence electrons. The lowest BCUT2D eigenvalue weighted by Crippen LogP contribution is -2.42. The quantitative estimate of drug-likeness (QED) is 0.415. The summed E-state index contributed by atoms with van der Waals surface area (Å²) < 4.78 is 0. The van der Waals surface area contributed by atoms with Gasteiger partial charge in [-0.2, -0.15) is 5.10 Å². The van der Waals surface area contributed by atoms with Crippen molar-refractivity contribution in [2.45, 2.75) is 32.6 Å². The summed E-state index contributed by atoms with van der Waals surface area (Å²) >= 11 is 0. The third-order valence-corrected chi connectivity index (χ3v) is 2.40. The second kappa shape index (κ2) is 5.62. The van der Waals surface area contributed by atoms with Gasteiger partial charge in [-0.15, -0.1) is 0 Å². The van der Waals surface area contributed by atoms with Gasteiger partial charge in [0.25, 0.3) is 0 Å². The van der Waals surface area contributed by atoms with E-state index in [1.54, 1.807) is 5.01 Å². The van der Waals surface area contributed by atoms with Gasteiger partial charge in [0.15, 0.2) is 0 Å². The van der Waals surface area contributed by atoms with Crippen LogP contribution in [0.2, 0.25) is 0 Å². The molecular formula is C10H20N4. The van der Waals surface area contributed by atoms with Crippen molar-refractivity contribution >= 4 is 12.2 Å². The number of likely N-dealkylation sites (tertiary alicyclic amines) is 1. The van der Waals surface area contributed by atoms with Crippen LogP contribution >= 0.6 is 0 Å². The molecule has 1 aliphatic heterocycles. The molecule has 0 unspecified atom stereocenters. The Labute approximate surface area is 86.1 Å². The molecule has 4 heteroatoms. The summed E-state index contributed by atoms with van der Waals surface area (Å²) in [5.41, 5.74) is 0. The molecule has 0 spiro atoms. The van der Waals surface area contributed by atoms with Gasteiger partial charge in [0.2, 0.25) is 5.96 Å². The van der Waals surface area contributed by atoms with Crippen LogP contribution in [0.5, 0.6) is 0 Å². The smallest absolute Gasteiger partial charge is 0.214 e. The standard InChI is InChI=1S/C10H20N4/c1-3-7-12-13(2)10(11)14-8-5-4-6-9-14/h7,11H,3-6,8-9H2,1-2H3/b11-10?,12-7+. The maximum Gasteiger partial charge on any atom is 0.214 e. The number of nitrogens with one attached hydrogen (secondary N) is 1. The van der Waals surface area contributed by atoms with E-state index in [2.05, 4.69) is 10.0 Å².